The minimum atomic E-state index is -1.83. The van der Waals surface area contributed by atoms with E-state index in [1.165, 1.54) is 0 Å². The predicted octanol–water partition coefficient (Wildman–Crippen LogP) is -1.88. The summed E-state index contributed by atoms with van der Waals surface area (Å²) in [6.45, 7) is 0. The van der Waals surface area contributed by atoms with Crippen molar-refractivity contribution in [1.82, 2.24) is 0 Å². The molecule has 3 nitrogen and oxygen atoms in total. The first-order valence-corrected chi connectivity index (χ1v) is 0.651. The summed E-state index contributed by atoms with van der Waals surface area (Å²) in [6, 6.07) is 0. The van der Waals surface area contributed by atoms with Crippen LogP contribution in [-0.2, 0) is 0 Å². The van der Waals surface area contributed by atoms with Crippen molar-refractivity contribution in [2.75, 3.05) is 0 Å². The quantitative estimate of drug-likeness (QED) is 0.366. The molecule has 0 aromatic heterocycles. The van der Waals surface area contributed by atoms with Crippen LogP contribution in [0.4, 0.5) is 4.79 Å². The monoisotopic (exact) mass is 118 g/mol. The van der Waals surface area contributed by atoms with E-state index in [1.807, 2.05) is 0 Å². The standard InChI is InChI=1S/CH2O3.Al.Mg.5H/c2-1(3)4;;;;;;;/h(H2,2,3,4);;;;;;;. The minimum Gasteiger partial charge on any atom is -0.450 e. The third kappa shape index (κ3) is 180. The number of carbonyl (C=O) groups is 1. The molecule has 0 aromatic rings. The van der Waals surface area contributed by atoms with E-state index in [4.69, 9.17) is 15.0 Å². The van der Waals surface area contributed by atoms with Crippen molar-refractivity contribution in [3.05, 3.63) is 0 Å². The summed E-state index contributed by atoms with van der Waals surface area (Å²) in [5, 5.41) is 13.9. The average Bonchev–Trinajstić information content (AvgIpc) is 0.811. The Balaban J connectivity index is -0.0000000450. The molecule has 0 aromatic carbocycles. The number of hydrogen-bond acceptors (Lipinski definition) is 1. The molecule has 0 bridgehead atoms. The molecule has 0 saturated heterocycles. The van der Waals surface area contributed by atoms with Gasteiger partial charge in [-0.15, -0.1) is 0 Å². The predicted molar refractivity (Wildman–Crippen MR) is 29.1 cm³/mol. The molecule has 34 valence electrons. The fraction of sp³-hybridized carbons (Fsp3) is 0. The lowest BCUT2D eigenvalue weighted by Gasteiger charge is -1.60. The molecule has 0 unspecified atom stereocenters. The van der Waals surface area contributed by atoms with Crippen LogP contribution in [-0.4, -0.2) is 56.8 Å². The van der Waals surface area contributed by atoms with Crippen LogP contribution in [0.5, 0.6) is 0 Å². The van der Waals surface area contributed by atoms with Crippen molar-refractivity contribution >= 4 is 46.6 Å². The Labute approximate surface area is 61.6 Å². The number of rotatable bonds is 0. The molecule has 0 fully saturated rings. The van der Waals surface area contributed by atoms with Crippen molar-refractivity contribution in [3.8, 4) is 0 Å². The summed E-state index contributed by atoms with van der Waals surface area (Å²) in [5.41, 5.74) is 0. The molecule has 0 atom stereocenters. The second kappa shape index (κ2) is 9.13. The van der Waals surface area contributed by atoms with E-state index in [0.29, 0.717) is 0 Å². The van der Waals surface area contributed by atoms with E-state index in [0.717, 1.165) is 0 Å². The van der Waals surface area contributed by atoms with Crippen LogP contribution in [0.3, 0.4) is 0 Å². The zero-order valence-corrected chi connectivity index (χ0v) is 1.80. The van der Waals surface area contributed by atoms with Crippen LogP contribution < -0.4 is 0 Å². The van der Waals surface area contributed by atoms with E-state index in [1.54, 1.807) is 0 Å². The Kier molecular flexibility index (Phi) is 24.3. The maximum atomic E-state index is 8.56. The van der Waals surface area contributed by atoms with Crippen molar-refractivity contribution in [3.63, 3.8) is 0 Å². The van der Waals surface area contributed by atoms with Gasteiger partial charge in [0.1, 0.15) is 0 Å². The molecule has 5 heteroatoms. The summed E-state index contributed by atoms with van der Waals surface area (Å²) in [7, 11) is 0. The van der Waals surface area contributed by atoms with Gasteiger partial charge in [-0.05, 0) is 0 Å². The Bertz CT molecular complexity index is 33.8. The Hall–Kier alpha value is 0.569. The smallest absolute Gasteiger partial charge is 0.450 e. The molecule has 6 heavy (non-hydrogen) atoms. The maximum Gasteiger partial charge on any atom is 0.503 e. The van der Waals surface area contributed by atoms with E-state index < -0.39 is 6.16 Å². The summed E-state index contributed by atoms with van der Waals surface area (Å²) >= 11 is 0. The van der Waals surface area contributed by atoms with Crippen molar-refractivity contribution in [1.29, 1.82) is 0 Å². The molecule has 0 heterocycles. The second-order valence-electron chi connectivity index (χ2n) is 0.283. The largest absolute Gasteiger partial charge is 0.503 e. The van der Waals surface area contributed by atoms with Gasteiger partial charge < -0.3 is 10.2 Å². The highest BCUT2D eigenvalue weighted by Crippen LogP contribution is 1.42. The molecule has 0 saturated carbocycles. The Morgan fingerprint density at radius 3 is 1.33 bits per heavy atom. The fourth-order valence-electron chi connectivity index (χ4n) is 0. The fourth-order valence-corrected chi connectivity index (χ4v) is 0. The van der Waals surface area contributed by atoms with E-state index >= 15 is 0 Å². The molecule has 0 rings (SSSR count). The second-order valence-corrected chi connectivity index (χ2v) is 0.283. The van der Waals surface area contributed by atoms with Crippen LogP contribution in [0.15, 0.2) is 0 Å². The van der Waals surface area contributed by atoms with Crippen molar-refractivity contribution in [2.24, 2.45) is 0 Å². The third-order valence-corrected chi connectivity index (χ3v) is 0. The Morgan fingerprint density at radius 2 is 1.33 bits per heavy atom. The zero-order valence-electron chi connectivity index (χ0n) is 1.80. The highest BCUT2D eigenvalue weighted by Gasteiger charge is 1.70. The number of carboxylic acid groups (broad SMARTS) is 2. The minimum absolute atomic E-state index is 0. The molecular weight excluding hydrogens is 111 g/mol. The van der Waals surface area contributed by atoms with Crippen LogP contribution in [0.25, 0.3) is 0 Å². The first kappa shape index (κ1) is 16.0. The zero-order chi connectivity index (χ0) is 3.58. The topological polar surface area (TPSA) is 57.5 Å². The lowest BCUT2D eigenvalue weighted by molar-refractivity contribution is 0.137. The SMILES string of the molecule is O=C(O)O.[AlH3].[MgH2]. The van der Waals surface area contributed by atoms with Gasteiger partial charge in [-0.3, -0.25) is 0 Å². The van der Waals surface area contributed by atoms with Crippen LogP contribution in [0.2, 0.25) is 0 Å². The van der Waals surface area contributed by atoms with Gasteiger partial charge in [-0.25, -0.2) is 4.79 Å². The van der Waals surface area contributed by atoms with Gasteiger partial charge in [0.25, 0.3) is 0 Å². The highest BCUT2D eigenvalue weighted by molar-refractivity contribution is 5.76. The molecule has 0 aliphatic rings. The molecule has 0 radical (unpaired) electrons. The normalized spacial score (nSPS) is 4.00. The van der Waals surface area contributed by atoms with Gasteiger partial charge in [0, 0.05) is 0 Å². The molecule has 2 N–H and O–H groups in total. The van der Waals surface area contributed by atoms with Gasteiger partial charge in [-0.1, -0.05) is 0 Å². The average molecular weight is 118 g/mol. The van der Waals surface area contributed by atoms with E-state index in [9.17, 15) is 0 Å². The molecule has 0 aliphatic carbocycles. The van der Waals surface area contributed by atoms with Gasteiger partial charge >= 0.3 is 29.2 Å². The van der Waals surface area contributed by atoms with Gasteiger partial charge in [0.05, 0.1) is 0 Å². The molecule has 0 spiro atoms. The summed E-state index contributed by atoms with van der Waals surface area (Å²) < 4.78 is 0. The summed E-state index contributed by atoms with van der Waals surface area (Å²) in [6.07, 6.45) is -1.83. The molecular formula is CH7AlMgO3. The van der Waals surface area contributed by atoms with Gasteiger partial charge in [0.15, 0.2) is 17.4 Å². The third-order valence-electron chi connectivity index (χ3n) is 0. The van der Waals surface area contributed by atoms with Gasteiger partial charge in [-0.2, -0.15) is 0 Å². The van der Waals surface area contributed by atoms with E-state index in [2.05, 4.69) is 0 Å². The lowest BCUT2D eigenvalue weighted by atomic mass is 11.5. The Morgan fingerprint density at radius 1 is 1.33 bits per heavy atom. The van der Waals surface area contributed by atoms with Crippen molar-refractivity contribution in [2.45, 2.75) is 0 Å². The first-order chi connectivity index (χ1) is 1.73. The summed E-state index contributed by atoms with van der Waals surface area (Å²) in [4.78, 5) is 8.56. The van der Waals surface area contributed by atoms with Crippen molar-refractivity contribution < 1.29 is 15.0 Å². The van der Waals surface area contributed by atoms with Crippen LogP contribution in [0, 0.1) is 0 Å². The van der Waals surface area contributed by atoms with Crippen LogP contribution in [0.1, 0.15) is 0 Å². The maximum absolute atomic E-state index is 8.56. The molecule has 0 amide bonds. The van der Waals surface area contributed by atoms with Gasteiger partial charge in [0.2, 0.25) is 0 Å². The first-order valence-electron chi connectivity index (χ1n) is 0.651. The lowest BCUT2D eigenvalue weighted by Crippen LogP contribution is -1.81. The van der Waals surface area contributed by atoms with Crippen LogP contribution >= 0.6 is 0 Å². The number of hydrogen-bond donors (Lipinski definition) is 2. The summed E-state index contributed by atoms with van der Waals surface area (Å²) in [5.74, 6) is 0. The highest BCUT2D eigenvalue weighted by atomic mass is 27.0. The van der Waals surface area contributed by atoms with E-state index in [-0.39, 0.29) is 40.4 Å². The molecule has 0 aliphatic heterocycles.